The largest absolute Gasteiger partial charge is 0.382 e. The Bertz CT molecular complexity index is 1080. The summed E-state index contributed by atoms with van der Waals surface area (Å²) in [6, 6.07) is 10.7. The van der Waals surface area contributed by atoms with E-state index in [9.17, 15) is 4.79 Å². The molecule has 2 atom stereocenters. The van der Waals surface area contributed by atoms with Crippen molar-refractivity contribution in [2.75, 3.05) is 43.6 Å². The Balaban J connectivity index is 1.45. The number of pyridine rings is 1. The third-order valence-electron chi connectivity index (χ3n) is 5.06. The zero-order valence-corrected chi connectivity index (χ0v) is 17.2. The van der Waals surface area contributed by atoms with Gasteiger partial charge in [0.15, 0.2) is 5.82 Å². The van der Waals surface area contributed by atoms with E-state index in [0.717, 1.165) is 22.3 Å². The number of urea groups is 1. The van der Waals surface area contributed by atoms with E-state index in [-0.39, 0.29) is 18.2 Å². The fourth-order valence-electron chi connectivity index (χ4n) is 3.54. The number of methoxy groups -OCH3 is 1. The standard InChI is InChI=1S/C22H24N6O3/c1-3-16-13-28(9-10-31-16)21-17-12-23-20(11-18(17)26-27-21)25-22(29)24-19(14-30-2)15-7-5-4-6-8-15/h1,4-8,11-12,16,19H,9-10,13-14H2,2H3,(H,26,27)(H2,23,24,25,29). The smallest absolute Gasteiger partial charge is 0.320 e. The van der Waals surface area contributed by atoms with E-state index in [1.165, 1.54) is 0 Å². The number of carbonyl (C=O) groups excluding carboxylic acids is 1. The summed E-state index contributed by atoms with van der Waals surface area (Å²) in [5.74, 6) is 3.81. The van der Waals surface area contributed by atoms with E-state index >= 15 is 0 Å². The molecule has 0 spiro atoms. The number of aromatic amines is 1. The van der Waals surface area contributed by atoms with Crippen LogP contribution in [0.15, 0.2) is 42.6 Å². The van der Waals surface area contributed by atoms with Crippen LogP contribution in [0.2, 0.25) is 0 Å². The van der Waals surface area contributed by atoms with Crippen molar-refractivity contribution in [1.82, 2.24) is 20.5 Å². The van der Waals surface area contributed by atoms with Crippen LogP contribution >= 0.6 is 0 Å². The van der Waals surface area contributed by atoms with Gasteiger partial charge in [-0.2, -0.15) is 5.10 Å². The van der Waals surface area contributed by atoms with Crippen molar-refractivity contribution < 1.29 is 14.3 Å². The number of anilines is 2. The number of hydrogen-bond donors (Lipinski definition) is 3. The van der Waals surface area contributed by atoms with E-state index in [1.54, 1.807) is 19.4 Å². The van der Waals surface area contributed by atoms with Crippen molar-refractivity contribution in [2.45, 2.75) is 12.1 Å². The molecule has 4 rings (SSSR count). The van der Waals surface area contributed by atoms with Crippen molar-refractivity contribution in [2.24, 2.45) is 0 Å². The number of hydrogen-bond acceptors (Lipinski definition) is 6. The highest BCUT2D eigenvalue weighted by molar-refractivity contribution is 5.94. The van der Waals surface area contributed by atoms with Crippen LogP contribution in [-0.2, 0) is 9.47 Å². The molecule has 1 aliphatic rings. The summed E-state index contributed by atoms with van der Waals surface area (Å²) >= 11 is 0. The second-order valence-electron chi connectivity index (χ2n) is 7.15. The molecular weight excluding hydrogens is 396 g/mol. The molecule has 0 aliphatic carbocycles. The van der Waals surface area contributed by atoms with Crippen LogP contribution in [0.25, 0.3) is 10.9 Å². The first-order chi connectivity index (χ1) is 15.2. The van der Waals surface area contributed by atoms with Crippen LogP contribution in [0.4, 0.5) is 16.4 Å². The molecule has 2 unspecified atom stereocenters. The Labute approximate surface area is 180 Å². The molecule has 3 heterocycles. The normalized spacial score (nSPS) is 17.2. The number of rotatable bonds is 6. The van der Waals surface area contributed by atoms with Crippen LogP contribution in [0.5, 0.6) is 0 Å². The fraction of sp³-hybridized carbons (Fsp3) is 0.318. The zero-order chi connectivity index (χ0) is 21.6. The summed E-state index contributed by atoms with van der Waals surface area (Å²) in [4.78, 5) is 19.0. The molecule has 2 aromatic heterocycles. The SMILES string of the molecule is C#CC1CN(c2n[nH]c3cc(NC(=O)NC(COC)c4ccccc4)ncc23)CCO1. The van der Waals surface area contributed by atoms with Crippen LogP contribution in [0.3, 0.4) is 0 Å². The van der Waals surface area contributed by atoms with Gasteiger partial charge in [0.2, 0.25) is 0 Å². The Morgan fingerprint density at radius 2 is 2.29 bits per heavy atom. The lowest BCUT2D eigenvalue weighted by Crippen LogP contribution is -2.42. The number of amides is 2. The molecule has 1 aromatic carbocycles. The molecular formula is C22H24N6O3. The highest BCUT2D eigenvalue weighted by Crippen LogP contribution is 2.26. The Morgan fingerprint density at radius 3 is 3.06 bits per heavy atom. The van der Waals surface area contributed by atoms with E-state index in [2.05, 4.69) is 36.6 Å². The molecule has 0 radical (unpaired) electrons. The zero-order valence-electron chi connectivity index (χ0n) is 17.2. The van der Waals surface area contributed by atoms with Crippen LogP contribution < -0.4 is 15.5 Å². The van der Waals surface area contributed by atoms with Gasteiger partial charge in [0.25, 0.3) is 0 Å². The monoisotopic (exact) mass is 420 g/mol. The predicted octanol–water partition coefficient (Wildman–Crippen LogP) is 2.31. The van der Waals surface area contributed by atoms with Crippen molar-refractivity contribution in [3.63, 3.8) is 0 Å². The van der Waals surface area contributed by atoms with E-state index in [1.807, 2.05) is 30.3 Å². The maximum absolute atomic E-state index is 12.5. The summed E-state index contributed by atoms with van der Waals surface area (Å²) < 4.78 is 10.8. The number of carbonyl (C=O) groups is 1. The Kier molecular flexibility index (Phi) is 6.31. The van der Waals surface area contributed by atoms with Gasteiger partial charge in [-0.25, -0.2) is 9.78 Å². The number of nitrogens with one attached hydrogen (secondary N) is 3. The van der Waals surface area contributed by atoms with Gasteiger partial charge in [-0.1, -0.05) is 36.3 Å². The van der Waals surface area contributed by atoms with Crippen LogP contribution in [0.1, 0.15) is 11.6 Å². The number of fused-ring (bicyclic) bond motifs is 1. The van der Waals surface area contributed by atoms with Gasteiger partial charge >= 0.3 is 6.03 Å². The van der Waals surface area contributed by atoms with Crippen LogP contribution in [0, 0.1) is 12.3 Å². The minimum atomic E-state index is -0.373. The fourth-order valence-corrected chi connectivity index (χ4v) is 3.54. The van der Waals surface area contributed by atoms with Crippen molar-refractivity contribution in [3.05, 3.63) is 48.2 Å². The lowest BCUT2D eigenvalue weighted by molar-refractivity contribution is 0.0777. The molecule has 1 aliphatic heterocycles. The number of aromatic nitrogens is 3. The first kappa shape index (κ1) is 20.7. The molecule has 0 bridgehead atoms. The molecule has 3 aromatic rings. The summed E-state index contributed by atoms with van der Waals surface area (Å²) in [7, 11) is 1.60. The molecule has 9 heteroatoms. The topological polar surface area (TPSA) is 104 Å². The van der Waals surface area contributed by atoms with Crippen molar-refractivity contribution >= 4 is 28.6 Å². The first-order valence-corrected chi connectivity index (χ1v) is 9.96. The number of nitrogens with zero attached hydrogens (tertiary/aromatic N) is 3. The number of benzene rings is 1. The predicted molar refractivity (Wildman–Crippen MR) is 118 cm³/mol. The van der Waals surface area contributed by atoms with E-state index in [4.69, 9.17) is 15.9 Å². The molecule has 160 valence electrons. The molecule has 1 fully saturated rings. The van der Waals surface area contributed by atoms with Gasteiger partial charge in [0, 0.05) is 25.9 Å². The molecule has 2 amide bonds. The number of morpholine rings is 1. The average Bonchev–Trinajstić information content (AvgIpc) is 3.22. The Morgan fingerprint density at radius 1 is 1.45 bits per heavy atom. The maximum Gasteiger partial charge on any atom is 0.320 e. The van der Waals surface area contributed by atoms with Gasteiger partial charge in [-0.15, -0.1) is 6.42 Å². The number of ether oxygens (including phenoxy) is 2. The minimum absolute atomic E-state index is 0.261. The first-order valence-electron chi connectivity index (χ1n) is 9.96. The molecule has 31 heavy (non-hydrogen) atoms. The lowest BCUT2D eigenvalue weighted by atomic mass is 10.1. The molecule has 0 saturated carbocycles. The van der Waals surface area contributed by atoms with Crippen LogP contribution in [-0.4, -0.2) is 60.7 Å². The third-order valence-corrected chi connectivity index (χ3v) is 5.06. The van der Waals surface area contributed by atoms with Gasteiger partial charge < -0.3 is 19.7 Å². The number of H-pyrrole nitrogens is 1. The molecule has 9 nitrogen and oxygen atoms in total. The number of terminal acetylenes is 1. The average molecular weight is 420 g/mol. The van der Waals surface area contributed by atoms with Crippen molar-refractivity contribution in [1.29, 1.82) is 0 Å². The van der Waals surface area contributed by atoms with Gasteiger partial charge in [-0.3, -0.25) is 10.4 Å². The quantitative estimate of drug-likeness (QED) is 0.529. The highest BCUT2D eigenvalue weighted by Gasteiger charge is 2.23. The maximum atomic E-state index is 12.5. The summed E-state index contributed by atoms with van der Waals surface area (Å²) in [5.41, 5.74) is 1.72. The van der Waals surface area contributed by atoms with Gasteiger partial charge in [0.05, 0.1) is 36.7 Å². The second-order valence-corrected chi connectivity index (χ2v) is 7.15. The molecule has 3 N–H and O–H groups in total. The van der Waals surface area contributed by atoms with Gasteiger partial charge in [-0.05, 0) is 5.56 Å². The molecule has 1 saturated heterocycles. The van der Waals surface area contributed by atoms with E-state index < -0.39 is 0 Å². The second kappa shape index (κ2) is 9.47. The van der Waals surface area contributed by atoms with Crippen molar-refractivity contribution in [3.8, 4) is 12.3 Å². The third kappa shape index (κ3) is 4.77. The lowest BCUT2D eigenvalue weighted by Gasteiger charge is -2.30. The minimum Gasteiger partial charge on any atom is -0.382 e. The van der Waals surface area contributed by atoms with E-state index in [0.29, 0.717) is 32.1 Å². The summed E-state index contributed by atoms with van der Waals surface area (Å²) in [6.07, 6.45) is 6.92. The summed E-state index contributed by atoms with van der Waals surface area (Å²) in [5, 5.41) is 14.0. The van der Waals surface area contributed by atoms with Gasteiger partial charge in [0.1, 0.15) is 11.9 Å². The summed E-state index contributed by atoms with van der Waals surface area (Å²) in [6.45, 7) is 2.16. The highest BCUT2D eigenvalue weighted by atomic mass is 16.5. The Hall–Kier alpha value is -3.61.